The number of rotatable bonds is 3. The van der Waals surface area contributed by atoms with Crippen molar-refractivity contribution < 1.29 is 0 Å². The van der Waals surface area contributed by atoms with Crippen LogP contribution in [0.2, 0.25) is 0 Å². The van der Waals surface area contributed by atoms with Gasteiger partial charge in [0.2, 0.25) is 5.95 Å². The van der Waals surface area contributed by atoms with E-state index in [2.05, 4.69) is 59.6 Å². The first-order valence-electron chi connectivity index (χ1n) is 9.60. The number of aromatic nitrogens is 3. The predicted molar refractivity (Wildman–Crippen MR) is 120 cm³/mol. The lowest BCUT2D eigenvalue weighted by atomic mass is 9.97. The second kappa shape index (κ2) is 6.99. The van der Waals surface area contributed by atoms with Crippen molar-refractivity contribution in [2.75, 3.05) is 19.0 Å². The Morgan fingerprint density at radius 1 is 0.586 bits per heavy atom. The summed E-state index contributed by atoms with van der Waals surface area (Å²) in [4.78, 5) is 16.2. The molecule has 0 fully saturated rings. The molecule has 0 N–H and O–H groups in total. The third kappa shape index (κ3) is 3.09. The maximum atomic E-state index is 4.86. The fourth-order valence-corrected chi connectivity index (χ4v) is 3.64. The van der Waals surface area contributed by atoms with E-state index in [0.717, 1.165) is 16.5 Å². The highest BCUT2D eigenvalue weighted by Crippen LogP contribution is 2.34. The van der Waals surface area contributed by atoms with Gasteiger partial charge in [-0.05, 0) is 27.6 Å². The van der Waals surface area contributed by atoms with E-state index in [1.807, 2.05) is 49.3 Å². The first kappa shape index (κ1) is 17.3. The molecular formula is C25H20N4. The van der Waals surface area contributed by atoms with Gasteiger partial charge in [-0.3, -0.25) is 0 Å². The van der Waals surface area contributed by atoms with Crippen LogP contribution < -0.4 is 4.90 Å². The molecular weight excluding hydrogens is 356 g/mol. The number of fused-ring (bicyclic) bond motifs is 3. The Balaban J connectivity index is 1.83. The molecule has 0 aliphatic heterocycles. The average molecular weight is 376 g/mol. The van der Waals surface area contributed by atoms with Crippen LogP contribution >= 0.6 is 0 Å². The smallest absolute Gasteiger partial charge is 0.228 e. The molecule has 29 heavy (non-hydrogen) atoms. The van der Waals surface area contributed by atoms with Crippen molar-refractivity contribution in [3.63, 3.8) is 0 Å². The molecule has 1 aromatic heterocycles. The summed E-state index contributed by atoms with van der Waals surface area (Å²) >= 11 is 0. The van der Waals surface area contributed by atoms with Crippen LogP contribution in [0.3, 0.4) is 0 Å². The van der Waals surface area contributed by atoms with Gasteiger partial charge in [0, 0.05) is 25.2 Å². The lowest BCUT2D eigenvalue weighted by Gasteiger charge is -2.15. The Labute approximate surface area is 169 Å². The molecule has 0 saturated heterocycles. The van der Waals surface area contributed by atoms with Crippen LogP contribution in [0, 0.1) is 0 Å². The van der Waals surface area contributed by atoms with Gasteiger partial charge >= 0.3 is 0 Å². The molecule has 0 spiro atoms. The van der Waals surface area contributed by atoms with Gasteiger partial charge in [0.1, 0.15) is 0 Å². The van der Waals surface area contributed by atoms with Crippen LogP contribution in [0.4, 0.5) is 5.95 Å². The Morgan fingerprint density at radius 3 is 1.97 bits per heavy atom. The minimum Gasteiger partial charge on any atom is -0.347 e. The molecule has 1 heterocycles. The van der Waals surface area contributed by atoms with E-state index in [9.17, 15) is 0 Å². The number of benzene rings is 4. The van der Waals surface area contributed by atoms with Crippen LogP contribution in [0.25, 0.3) is 44.3 Å². The molecule has 0 aliphatic rings. The van der Waals surface area contributed by atoms with Gasteiger partial charge in [0.25, 0.3) is 0 Å². The Hall–Kier alpha value is -3.79. The Kier molecular flexibility index (Phi) is 4.17. The topological polar surface area (TPSA) is 41.9 Å². The minimum atomic E-state index is 0.645. The standard InChI is InChI=1S/C25H20N4/c1-29(2)25-27-23(17-10-4-3-5-11-17)26-24(28-25)22-16-18-12-6-7-13-19(18)20-14-8-9-15-21(20)22/h3-16H,1-2H3. The summed E-state index contributed by atoms with van der Waals surface area (Å²) in [6.45, 7) is 0. The third-order valence-corrected chi connectivity index (χ3v) is 5.06. The first-order valence-corrected chi connectivity index (χ1v) is 9.60. The van der Waals surface area contributed by atoms with E-state index in [1.54, 1.807) is 0 Å². The zero-order valence-electron chi connectivity index (χ0n) is 16.4. The SMILES string of the molecule is CN(C)c1nc(-c2ccccc2)nc(-c2cc3ccccc3c3ccccc23)n1. The van der Waals surface area contributed by atoms with Crippen molar-refractivity contribution in [2.45, 2.75) is 0 Å². The summed E-state index contributed by atoms with van der Waals surface area (Å²) < 4.78 is 0. The van der Waals surface area contributed by atoms with Crippen molar-refractivity contribution >= 4 is 27.5 Å². The summed E-state index contributed by atoms with van der Waals surface area (Å²) in [5, 5.41) is 4.75. The molecule has 0 unspecified atom stereocenters. The quantitative estimate of drug-likeness (QED) is 0.386. The van der Waals surface area contributed by atoms with Crippen molar-refractivity contribution in [1.82, 2.24) is 15.0 Å². The van der Waals surface area contributed by atoms with Crippen LogP contribution in [-0.2, 0) is 0 Å². The highest BCUT2D eigenvalue weighted by molar-refractivity contribution is 6.13. The van der Waals surface area contributed by atoms with Crippen LogP contribution in [0.1, 0.15) is 0 Å². The second-order valence-corrected chi connectivity index (χ2v) is 7.23. The van der Waals surface area contributed by atoms with Crippen molar-refractivity contribution in [1.29, 1.82) is 0 Å². The van der Waals surface area contributed by atoms with Crippen molar-refractivity contribution in [3.8, 4) is 22.8 Å². The van der Waals surface area contributed by atoms with Gasteiger partial charge in [-0.2, -0.15) is 9.97 Å². The van der Waals surface area contributed by atoms with Gasteiger partial charge in [0.05, 0.1) is 0 Å². The molecule has 0 amide bonds. The molecule has 0 radical (unpaired) electrons. The molecule has 4 aromatic carbocycles. The predicted octanol–water partition coefficient (Wildman–Crippen LogP) is 5.58. The maximum Gasteiger partial charge on any atom is 0.228 e. The zero-order valence-corrected chi connectivity index (χ0v) is 16.4. The Bertz CT molecular complexity index is 1330. The molecule has 0 bridgehead atoms. The summed E-state index contributed by atoms with van der Waals surface area (Å²) in [6, 6.07) is 29.1. The summed E-state index contributed by atoms with van der Waals surface area (Å²) in [7, 11) is 3.90. The summed E-state index contributed by atoms with van der Waals surface area (Å²) in [6.07, 6.45) is 0. The van der Waals surface area contributed by atoms with E-state index in [-0.39, 0.29) is 0 Å². The highest BCUT2D eigenvalue weighted by Gasteiger charge is 2.15. The van der Waals surface area contributed by atoms with E-state index >= 15 is 0 Å². The van der Waals surface area contributed by atoms with E-state index in [4.69, 9.17) is 9.97 Å². The van der Waals surface area contributed by atoms with E-state index < -0.39 is 0 Å². The monoisotopic (exact) mass is 376 g/mol. The fourth-order valence-electron chi connectivity index (χ4n) is 3.64. The molecule has 0 atom stereocenters. The fraction of sp³-hybridized carbons (Fsp3) is 0.0800. The third-order valence-electron chi connectivity index (χ3n) is 5.06. The number of hydrogen-bond acceptors (Lipinski definition) is 4. The van der Waals surface area contributed by atoms with Gasteiger partial charge in [-0.25, -0.2) is 4.98 Å². The maximum absolute atomic E-state index is 4.86. The van der Waals surface area contributed by atoms with Crippen LogP contribution in [0.15, 0.2) is 84.9 Å². The van der Waals surface area contributed by atoms with Crippen molar-refractivity contribution in [3.05, 3.63) is 84.9 Å². The Morgan fingerprint density at radius 2 is 1.21 bits per heavy atom. The first-order chi connectivity index (χ1) is 14.2. The molecule has 0 saturated carbocycles. The van der Waals surface area contributed by atoms with Gasteiger partial charge in [-0.15, -0.1) is 0 Å². The van der Waals surface area contributed by atoms with Gasteiger partial charge < -0.3 is 4.90 Å². The molecule has 4 nitrogen and oxygen atoms in total. The number of nitrogens with zero attached hydrogens (tertiary/aromatic N) is 4. The van der Waals surface area contributed by atoms with Crippen LogP contribution in [0.5, 0.6) is 0 Å². The normalized spacial score (nSPS) is 11.1. The minimum absolute atomic E-state index is 0.645. The lowest BCUT2D eigenvalue weighted by molar-refractivity contribution is 0.968. The summed E-state index contributed by atoms with van der Waals surface area (Å²) in [5.74, 6) is 2.01. The molecule has 140 valence electrons. The molecule has 5 aromatic rings. The largest absolute Gasteiger partial charge is 0.347 e. The lowest BCUT2D eigenvalue weighted by Crippen LogP contribution is -2.14. The average Bonchev–Trinajstić information content (AvgIpc) is 2.79. The zero-order chi connectivity index (χ0) is 19.8. The summed E-state index contributed by atoms with van der Waals surface area (Å²) in [5.41, 5.74) is 1.99. The van der Waals surface area contributed by atoms with Gasteiger partial charge in [-0.1, -0.05) is 78.9 Å². The van der Waals surface area contributed by atoms with Crippen LogP contribution in [-0.4, -0.2) is 29.0 Å². The van der Waals surface area contributed by atoms with Gasteiger partial charge in [0.15, 0.2) is 11.6 Å². The van der Waals surface area contributed by atoms with E-state index in [0.29, 0.717) is 17.6 Å². The molecule has 0 aliphatic carbocycles. The van der Waals surface area contributed by atoms with E-state index in [1.165, 1.54) is 16.2 Å². The van der Waals surface area contributed by atoms with Crippen molar-refractivity contribution in [2.24, 2.45) is 0 Å². The number of hydrogen-bond donors (Lipinski definition) is 0. The second-order valence-electron chi connectivity index (χ2n) is 7.23. The molecule has 5 rings (SSSR count). The number of anilines is 1. The highest BCUT2D eigenvalue weighted by atomic mass is 15.2. The molecule has 4 heteroatoms.